The minimum absolute atomic E-state index is 0.0695. The summed E-state index contributed by atoms with van der Waals surface area (Å²) < 4.78 is 39.0. The number of amides is 1. The van der Waals surface area contributed by atoms with Crippen molar-refractivity contribution in [2.75, 3.05) is 5.32 Å². The molecule has 0 aliphatic heterocycles. The Bertz CT molecular complexity index is 1020. The van der Waals surface area contributed by atoms with Gasteiger partial charge in [0.2, 0.25) is 0 Å². The number of hydrazine groups is 1. The van der Waals surface area contributed by atoms with Gasteiger partial charge in [-0.05, 0) is 36.5 Å². The highest BCUT2D eigenvalue weighted by molar-refractivity contribution is 7.80. The van der Waals surface area contributed by atoms with E-state index in [0.29, 0.717) is 9.90 Å². The fourth-order valence-electron chi connectivity index (χ4n) is 2.27. The predicted molar refractivity (Wildman–Crippen MR) is 105 cm³/mol. The highest BCUT2D eigenvalue weighted by Crippen LogP contribution is 2.35. The Morgan fingerprint density at radius 2 is 1.81 bits per heavy atom. The van der Waals surface area contributed by atoms with Crippen LogP contribution >= 0.6 is 35.2 Å². The molecule has 0 radical (unpaired) electrons. The third kappa shape index (κ3) is 4.49. The first kappa shape index (κ1) is 19.4. The Morgan fingerprint density at radius 3 is 2.52 bits per heavy atom. The Morgan fingerprint density at radius 1 is 1.07 bits per heavy atom. The molecular formula is C17H11ClF3N3OS2. The van der Waals surface area contributed by atoms with Crippen molar-refractivity contribution in [2.45, 2.75) is 6.18 Å². The van der Waals surface area contributed by atoms with Crippen molar-refractivity contribution in [3.8, 4) is 0 Å². The minimum atomic E-state index is -4.46. The Balaban J connectivity index is 1.63. The van der Waals surface area contributed by atoms with Crippen molar-refractivity contribution < 1.29 is 18.0 Å². The zero-order valence-electron chi connectivity index (χ0n) is 13.4. The number of benzene rings is 2. The van der Waals surface area contributed by atoms with E-state index in [1.165, 1.54) is 23.5 Å². The van der Waals surface area contributed by atoms with Gasteiger partial charge in [0.15, 0.2) is 5.11 Å². The summed E-state index contributed by atoms with van der Waals surface area (Å²) in [6.45, 7) is 0. The van der Waals surface area contributed by atoms with Gasteiger partial charge in [-0.25, -0.2) is 0 Å². The second kappa shape index (κ2) is 7.71. The molecule has 4 nitrogen and oxygen atoms in total. The van der Waals surface area contributed by atoms with E-state index in [4.69, 9.17) is 23.8 Å². The topological polar surface area (TPSA) is 53.2 Å². The normalized spacial score (nSPS) is 11.3. The number of hydrogen-bond donors (Lipinski definition) is 3. The number of carbonyl (C=O) groups excluding carboxylic acids is 1. The lowest BCUT2D eigenvalue weighted by Gasteiger charge is -2.13. The molecule has 0 aliphatic carbocycles. The maximum Gasteiger partial charge on any atom is 0.416 e. The van der Waals surface area contributed by atoms with E-state index < -0.39 is 17.6 Å². The standard InChI is InChI=1S/C17H11ClF3N3OS2/c18-13-11-6-1-2-7-12(11)27-14(13)15(25)23-24-16(26)22-10-5-3-4-9(8-10)17(19,20)21/h1-8H,(H,23,25)(H2,22,24,26). The Labute approximate surface area is 166 Å². The molecule has 1 amide bonds. The Hall–Kier alpha value is -2.36. The molecule has 27 heavy (non-hydrogen) atoms. The second-order valence-corrected chi connectivity index (χ2v) is 7.19. The van der Waals surface area contributed by atoms with Crippen LogP contribution in [0, 0.1) is 0 Å². The number of carbonyl (C=O) groups is 1. The molecule has 0 aliphatic rings. The van der Waals surface area contributed by atoms with E-state index in [1.54, 1.807) is 6.07 Å². The van der Waals surface area contributed by atoms with Crippen LogP contribution in [0.25, 0.3) is 10.1 Å². The van der Waals surface area contributed by atoms with Gasteiger partial charge in [0.1, 0.15) is 4.88 Å². The number of nitrogens with one attached hydrogen (secondary N) is 3. The molecule has 10 heteroatoms. The predicted octanol–water partition coefficient (Wildman–Crippen LogP) is 5.20. The highest BCUT2D eigenvalue weighted by Gasteiger charge is 2.30. The molecule has 3 N–H and O–H groups in total. The fraction of sp³-hybridized carbons (Fsp3) is 0.0588. The van der Waals surface area contributed by atoms with E-state index in [2.05, 4.69) is 16.2 Å². The molecule has 0 bridgehead atoms. The smallest absolute Gasteiger partial charge is 0.331 e. The summed E-state index contributed by atoms with van der Waals surface area (Å²) in [5.74, 6) is -0.505. The van der Waals surface area contributed by atoms with Crippen LogP contribution in [-0.2, 0) is 6.18 Å². The van der Waals surface area contributed by atoms with Gasteiger partial charge in [-0.15, -0.1) is 11.3 Å². The van der Waals surface area contributed by atoms with Crippen LogP contribution in [0.1, 0.15) is 15.2 Å². The van der Waals surface area contributed by atoms with Crippen molar-refractivity contribution in [1.82, 2.24) is 10.9 Å². The molecular weight excluding hydrogens is 419 g/mol. The van der Waals surface area contributed by atoms with E-state index in [-0.39, 0.29) is 10.8 Å². The number of halogens is 4. The first-order valence-electron chi connectivity index (χ1n) is 7.47. The first-order chi connectivity index (χ1) is 12.8. The summed E-state index contributed by atoms with van der Waals surface area (Å²) in [6, 6.07) is 11.8. The van der Waals surface area contributed by atoms with E-state index in [1.807, 2.05) is 18.2 Å². The van der Waals surface area contributed by atoms with Gasteiger partial charge in [0.05, 0.1) is 10.6 Å². The second-order valence-electron chi connectivity index (χ2n) is 5.35. The quantitative estimate of drug-likeness (QED) is 0.387. The summed E-state index contributed by atoms with van der Waals surface area (Å²) >= 11 is 12.4. The molecule has 3 rings (SSSR count). The number of fused-ring (bicyclic) bond motifs is 1. The summed E-state index contributed by atoms with van der Waals surface area (Å²) in [4.78, 5) is 12.6. The van der Waals surface area contributed by atoms with Crippen molar-refractivity contribution in [2.24, 2.45) is 0 Å². The lowest BCUT2D eigenvalue weighted by Crippen LogP contribution is -2.43. The molecule has 140 valence electrons. The van der Waals surface area contributed by atoms with Crippen molar-refractivity contribution >= 4 is 61.9 Å². The van der Waals surface area contributed by atoms with Crippen LogP contribution in [0.5, 0.6) is 0 Å². The summed E-state index contributed by atoms with van der Waals surface area (Å²) in [5, 5.41) is 3.60. The van der Waals surface area contributed by atoms with Crippen molar-refractivity contribution in [1.29, 1.82) is 0 Å². The molecule has 0 saturated carbocycles. The number of thiocarbonyl (C=S) groups is 1. The monoisotopic (exact) mass is 429 g/mol. The highest BCUT2D eigenvalue weighted by atomic mass is 35.5. The summed E-state index contributed by atoms with van der Waals surface area (Å²) in [6.07, 6.45) is -4.46. The largest absolute Gasteiger partial charge is 0.416 e. The number of hydrogen-bond acceptors (Lipinski definition) is 3. The zero-order valence-corrected chi connectivity index (χ0v) is 15.7. The molecule has 0 saturated heterocycles. The number of anilines is 1. The molecule has 3 aromatic rings. The third-order valence-corrected chi connectivity index (χ3v) is 5.36. The van der Waals surface area contributed by atoms with Crippen LogP contribution in [0.2, 0.25) is 5.02 Å². The van der Waals surface area contributed by atoms with Crippen LogP contribution in [0.3, 0.4) is 0 Å². The molecule has 0 spiro atoms. The fourth-order valence-corrected chi connectivity index (χ4v) is 3.85. The van der Waals surface area contributed by atoms with Crippen LogP contribution in [-0.4, -0.2) is 11.0 Å². The van der Waals surface area contributed by atoms with Gasteiger partial charge >= 0.3 is 6.18 Å². The summed E-state index contributed by atoms with van der Waals surface area (Å²) in [7, 11) is 0. The lowest BCUT2D eigenvalue weighted by atomic mass is 10.2. The molecule has 2 aromatic carbocycles. The van der Waals surface area contributed by atoms with Crippen LogP contribution in [0.15, 0.2) is 48.5 Å². The zero-order chi connectivity index (χ0) is 19.6. The number of thiophene rings is 1. The molecule has 0 unspecified atom stereocenters. The van der Waals surface area contributed by atoms with Gasteiger partial charge < -0.3 is 5.32 Å². The average Bonchev–Trinajstić information content (AvgIpc) is 2.96. The van der Waals surface area contributed by atoms with Crippen molar-refractivity contribution in [3.63, 3.8) is 0 Å². The van der Waals surface area contributed by atoms with E-state index in [0.717, 1.165) is 22.2 Å². The molecule has 0 fully saturated rings. The van der Waals surface area contributed by atoms with E-state index >= 15 is 0 Å². The third-order valence-electron chi connectivity index (χ3n) is 3.48. The number of alkyl halides is 3. The molecule has 1 heterocycles. The summed E-state index contributed by atoms with van der Waals surface area (Å²) in [5.41, 5.74) is 4.15. The lowest BCUT2D eigenvalue weighted by molar-refractivity contribution is -0.137. The van der Waals surface area contributed by atoms with Gasteiger partial charge in [-0.3, -0.25) is 15.6 Å². The average molecular weight is 430 g/mol. The van der Waals surface area contributed by atoms with Gasteiger partial charge in [0, 0.05) is 15.8 Å². The van der Waals surface area contributed by atoms with Gasteiger partial charge in [-0.1, -0.05) is 35.9 Å². The van der Waals surface area contributed by atoms with Gasteiger partial charge in [0.25, 0.3) is 5.91 Å². The van der Waals surface area contributed by atoms with E-state index in [9.17, 15) is 18.0 Å². The first-order valence-corrected chi connectivity index (χ1v) is 9.07. The van der Waals surface area contributed by atoms with Crippen LogP contribution < -0.4 is 16.2 Å². The SMILES string of the molecule is O=C(NNC(=S)Nc1cccc(C(F)(F)F)c1)c1sc2ccccc2c1Cl. The van der Waals surface area contributed by atoms with Crippen molar-refractivity contribution in [3.05, 3.63) is 64.0 Å². The number of rotatable bonds is 2. The maximum absolute atomic E-state index is 12.7. The molecule has 1 aromatic heterocycles. The molecule has 0 atom stereocenters. The maximum atomic E-state index is 12.7. The van der Waals surface area contributed by atoms with Crippen LogP contribution in [0.4, 0.5) is 18.9 Å². The van der Waals surface area contributed by atoms with Gasteiger partial charge in [-0.2, -0.15) is 13.2 Å². The Kier molecular flexibility index (Phi) is 5.54. The minimum Gasteiger partial charge on any atom is -0.331 e.